The molecule has 0 fully saturated rings. The molecule has 0 aromatic heterocycles. The Hall–Kier alpha value is -0.720. The first-order chi connectivity index (χ1) is 8.28. The summed E-state index contributed by atoms with van der Waals surface area (Å²) in [4.78, 5) is 29.7. The number of hydrogen-bond acceptors (Lipinski definition) is 4. The van der Waals surface area contributed by atoms with Crippen LogP contribution in [0.5, 0.6) is 0 Å². The molecular formula is C11H23NO6P+. The minimum absolute atomic E-state index is 0.163. The highest BCUT2D eigenvalue weighted by atomic mass is 31.2. The van der Waals surface area contributed by atoms with Gasteiger partial charge in [0.2, 0.25) is 5.34 Å². The minimum Gasteiger partial charge on any atom is -0.462 e. The highest BCUT2D eigenvalue weighted by molar-refractivity contribution is 7.53. The third-order valence-corrected chi connectivity index (χ3v) is 3.80. The van der Waals surface area contributed by atoms with Gasteiger partial charge in [0.1, 0.15) is 6.54 Å². The van der Waals surface area contributed by atoms with Gasteiger partial charge >= 0.3 is 13.6 Å². The summed E-state index contributed by atoms with van der Waals surface area (Å²) < 4.78 is 16.3. The van der Waals surface area contributed by atoms with Crippen molar-refractivity contribution in [3.63, 3.8) is 0 Å². The number of nitrogens with zero attached hydrogens (tertiary/aromatic N) is 1. The molecule has 8 heteroatoms. The van der Waals surface area contributed by atoms with Gasteiger partial charge in [-0.25, -0.2) is 4.79 Å². The molecule has 112 valence electrons. The summed E-state index contributed by atoms with van der Waals surface area (Å²) in [6, 6.07) is 0. The molecule has 0 aromatic carbocycles. The average molecular weight is 296 g/mol. The number of aliphatic hydroxyl groups is 1. The van der Waals surface area contributed by atoms with Gasteiger partial charge in [0, 0.05) is 12.0 Å². The van der Waals surface area contributed by atoms with Crippen LogP contribution in [0.1, 0.15) is 13.3 Å². The standard InChI is InChI=1S/C11H22NO6P/c1-9(2)10(13)18-7-6-11(14,19(15,16)17)8-12(3,4)5/h14H,1,6-8H2,2-5H3,(H-,15,16,17)/p+1. The Morgan fingerprint density at radius 3 is 2.16 bits per heavy atom. The van der Waals surface area contributed by atoms with Crippen molar-refractivity contribution >= 4 is 13.6 Å². The smallest absolute Gasteiger partial charge is 0.362 e. The highest BCUT2D eigenvalue weighted by Gasteiger charge is 2.49. The van der Waals surface area contributed by atoms with Gasteiger partial charge in [0.15, 0.2) is 0 Å². The molecule has 0 saturated heterocycles. The van der Waals surface area contributed by atoms with Gasteiger partial charge in [-0.05, 0) is 6.92 Å². The van der Waals surface area contributed by atoms with Crippen LogP contribution in [-0.4, -0.2) is 65.0 Å². The molecule has 19 heavy (non-hydrogen) atoms. The van der Waals surface area contributed by atoms with Gasteiger partial charge in [-0.3, -0.25) is 4.57 Å². The normalized spacial score (nSPS) is 15.7. The largest absolute Gasteiger partial charge is 0.462 e. The fourth-order valence-electron chi connectivity index (χ4n) is 1.51. The molecular weight excluding hydrogens is 273 g/mol. The summed E-state index contributed by atoms with van der Waals surface area (Å²) >= 11 is 0. The molecule has 0 aromatic rings. The molecule has 1 unspecified atom stereocenters. The van der Waals surface area contributed by atoms with Crippen LogP contribution in [0.2, 0.25) is 0 Å². The summed E-state index contributed by atoms with van der Waals surface area (Å²) in [5, 5.41) is 7.92. The molecule has 0 rings (SSSR count). The SMILES string of the molecule is C=C(C)C(=O)OCCC(O)(C[N+](C)(C)C)P(=O)(O)O. The van der Waals surface area contributed by atoms with Gasteiger partial charge in [-0.1, -0.05) is 6.58 Å². The maximum Gasteiger partial charge on any atom is 0.362 e. The van der Waals surface area contributed by atoms with Crippen molar-refractivity contribution in [2.45, 2.75) is 18.7 Å². The molecule has 1 atom stereocenters. The highest BCUT2D eigenvalue weighted by Crippen LogP contribution is 2.51. The van der Waals surface area contributed by atoms with Crippen molar-refractivity contribution in [2.75, 3.05) is 34.3 Å². The lowest BCUT2D eigenvalue weighted by Gasteiger charge is -2.35. The number of carbonyl (C=O) groups is 1. The predicted molar refractivity (Wildman–Crippen MR) is 70.3 cm³/mol. The van der Waals surface area contributed by atoms with Crippen molar-refractivity contribution in [2.24, 2.45) is 0 Å². The lowest BCUT2D eigenvalue weighted by molar-refractivity contribution is -0.875. The van der Waals surface area contributed by atoms with Gasteiger partial charge in [0.05, 0.1) is 27.7 Å². The Labute approximate surface area is 113 Å². The van der Waals surface area contributed by atoms with Gasteiger partial charge in [-0.15, -0.1) is 0 Å². The average Bonchev–Trinajstić information content (AvgIpc) is 2.12. The van der Waals surface area contributed by atoms with Crippen molar-refractivity contribution in [1.82, 2.24) is 0 Å². The number of ether oxygens (including phenoxy) is 1. The molecule has 0 heterocycles. The lowest BCUT2D eigenvalue weighted by atomic mass is 10.2. The molecule has 0 radical (unpaired) electrons. The molecule has 0 aliphatic heterocycles. The van der Waals surface area contributed by atoms with E-state index in [1.54, 1.807) is 21.1 Å². The summed E-state index contributed by atoms with van der Waals surface area (Å²) in [7, 11) is 0.343. The first-order valence-corrected chi connectivity index (χ1v) is 7.31. The number of quaternary nitrogens is 1. The Morgan fingerprint density at radius 1 is 1.37 bits per heavy atom. The van der Waals surface area contributed by atoms with Crippen LogP contribution in [0.4, 0.5) is 0 Å². The third-order valence-electron chi connectivity index (χ3n) is 2.35. The molecule has 0 amide bonds. The number of rotatable bonds is 7. The van der Waals surface area contributed by atoms with Crippen molar-refractivity contribution in [1.29, 1.82) is 0 Å². The van der Waals surface area contributed by atoms with E-state index in [0.29, 0.717) is 0 Å². The Bertz CT molecular complexity index is 396. The number of likely N-dealkylation sites (N-methyl/N-ethyl adjacent to an activating group) is 1. The zero-order chi connectivity index (χ0) is 15.5. The number of hydrogen-bond donors (Lipinski definition) is 3. The van der Waals surface area contributed by atoms with Crippen LogP contribution in [0.3, 0.4) is 0 Å². The molecule has 3 N–H and O–H groups in total. The Balaban J connectivity index is 4.77. The Morgan fingerprint density at radius 2 is 1.84 bits per heavy atom. The lowest BCUT2D eigenvalue weighted by Crippen LogP contribution is -2.49. The van der Waals surface area contributed by atoms with Crippen molar-refractivity contribution in [3.8, 4) is 0 Å². The molecule has 7 nitrogen and oxygen atoms in total. The minimum atomic E-state index is -4.74. The first kappa shape index (κ1) is 18.3. The summed E-state index contributed by atoms with van der Waals surface area (Å²) in [6.07, 6.45) is -0.341. The van der Waals surface area contributed by atoms with E-state index in [1.165, 1.54) is 6.92 Å². The van der Waals surface area contributed by atoms with E-state index in [-0.39, 0.29) is 29.6 Å². The third kappa shape index (κ3) is 6.31. The second kappa shape index (κ2) is 6.15. The maximum absolute atomic E-state index is 11.4. The van der Waals surface area contributed by atoms with Crippen molar-refractivity contribution < 1.29 is 33.5 Å². The second-order valence-electron chi connectivity index (χ2n) is 5.64. The second-order valence-corrected chi connectivity index (χ2v) is 7.56. The maximum atomic E-state index is 11.4. The van der Waals surface area contributed by atoms with Crippen LogP contribution in [0.25, 0.3) is 0 Å². The predicted octanol–water partition coefficient (Wildman–Crippen LogP) is 0.0683. The molecule has 0 aliphatic rings. The van der Waals surface area contributed by atoms with E-state index < -0.39 is 18.9 Å². The summed E-state index contributed by atoms with van der Waals surface area (Å²) in [5.41, 5.74) is 0.186. The van der Waals surface area contributed by atoms with E-state index >= 15 is 0 Å². The van der Waals surface area contributed by atoms with E-state index in [2.05, 4.69) is 6.58 Å². The van der Waals surface area contributed by atoms with E-state index in [4.69, 9.17) is 4.74 Å². The zero-order valence-electron chi connectivity index (χ0n) is 11.8. The summed E-state index contributed by atoms with van der Waals surface area (Å²) in [5.74, 6) is -0.654. The Kier molecular flexibility index (Phi) is 5.92. The van der Waals surface area contributed by atoms with E-state index in [0.717, 1.165) is 0 Å². The quantitative estimate of drug-likeness (QED) is 0.266. The fourth-order valence-corrected chi connectivity index (χ4v) is 2.50. The van der Waals surface area contributed by atoms with Crippen LogP contribution in [0, 0.1) is 0 Å². The first-order valence-electron chi connectivity index (χ1n) is 5.70. The summed E-state index contributed by atoms with van der Waals surface area (Å²) in [6.45, 7) is 4.40. The van der Waals surface area contributed by atoms with Gasteiger partial charge in [-0.2, -0.15) is 0 Å². The molecule has 0 spiro atoms. The van der Waals surface area contributed by atoms with Gasteiger partial charge < -0.3 is 24.1 Å². The van der Waals surface area contributed by atoms with Crippen LogP contribution in [-0.2, 0) is 14.1 Å². The van der Waals surface area contributed by atoms with Crippen molar-refractivity contribution in [3.05, 3.63) is 12.2 Å². The number of carbonyl (C=O) groups excluding carboxylic acids is 1. The van der Waals surface area contributed by atoms with E-state index in [9.17, 15) is 24.3 Å². The zero-order valence-corrected chi connectivity index (χ0v) is 12.7. The molecule has 0 aliphatic carbocycles. The van der Waals surface area contributed by atoms with Crippen LogP contribution < -0.4 is 0 Å². The van der Waals surface area contributed by atoms with E-state index in [1.807, 2.05) is 0 Å². The molecule has 0 bridgehead atoms. The topological polar surface area (TPSA) is 104 Å². The number of esters is 1. The van der Waals surface area contributed by atoms with Crippen LogP contribution >= 0.6 is 7.60 Å². The van der Waals surface area contributed by atoms with Gasteiger partial charge in [0.25, 0.3) is 0 Å². The molecule has 0 saturated carbocycles. The monoisotopic (exact) mass is 296 g/mol. The van der Waals surface area contributed by atoms with Crippen LogP contribution in [0.15, 0.2) is 12.2 Å². The fraction of sp³-hybridized carbons (Fsp3) is 0.727.